The molecule has 1 aromatic heterocycles. The molecule has 4 nitrogen and oxygen atoms in total. The van der Waals surface area contributed by atoms with Crippen molar-refractivity contribution < 1.29 is 30.7 Å². The van der Waals surface area contributed by atoms with Gasteiger partial charge < -0.3 is 10.3 Å². The van der Waals surface area contributed by atoms with Crippen molar-refractivity contribution in [1.82, 2.24) is 14.8 Å². The molecule has 1 saturated heterocycles. The van der Waals surface area contributed by atoms with Crippen LogP contribution in [0.3, 0.4) is 0 Å². The van der Waals surface area contributed by atoms with Crippen molar-refractivity contribution in [2.75, 3.05) is 38.2 Å². The standard InChI is InChI=1S/C27H29F7N4/c1-15-9-18-17-5-2-3-6-22(17)36-25(18)26(38(15)14-27(32,33)34)24-19(29)10-16(11-20(24)30)35-23-13-37(8-4-7-28)12-21(23)31/h2-3,5-6,10-11,15,21,23,26,35-36H,4,7-9,12-14H2,1H3. The summed E-state index contributed by atoms with van der Waals surface area (Å²) in [5.41, 5.74) is 1.24. The van der Waals surface area contributed by atoms with Crippen molar-refractivity contribution in [3.05, 3.63) is 64.9 Å². The number of likely N-dealkylation sites (tertiary alicyclic amines) is 1. The number of halogens is 7. The molecule has 0 bridgehead atoms. The van der Waals surface area contributed by atoms with E-state index >= 15 is 8.78 Å². The van der Waals surface area contributed by atoms with Crippen molar-refractivity contribution in [3.8, 4) is 0 Å². The second-order valence-electron chi connectivity index (χ2n) is 10.2. The van der Waals surface area contributed by atoms with E-state index in [4.69, 9.17) is 0 Å². The van der Waals surface area contributed by atoms with E-state index in [2.05, 4.69) is 10.3 Å². The van der Waals surface area contributed by atoms with Crippen LogP contribution < -0.4 is 5.32 Å². The van der Waals surface area contributed by atoms with Crippen molar-refractivity contribution in [3.63, 3.8) is 0 Å². The predicted molar refractivity (Wildman–Crippen MR) is 132 cm³/mol. The van der Waals surface area contributed by atoms with Gasteiger partial charge in [-0.1, -0.05) is 18.2 Å². The van der Waals surface area contributed by atoms with Gasteiger partial charge in [-0.2, -0.15) is 13.2 Å². The Kier molecular flexibility index (Phi) is 7.34. The number of hydrogen-bond acceptors (Lipinski definition) is 3. The average molecular weight is 543 g/mol. The minimum Gasteiger partial charge on any atom is -0.378 e. The number of H-pyrrole nitrogens is 1. The minimum atomic E-state index is -4.59. The number of aromatic nitrogens is 1. The third-order valence-corrected chi connectivity index (χ3v) is 7.52. The zero-order valence-electron chi connectivity index (χ0n) is 20.8. The molecular weight excluding hydrogens is 513 g/mol. The van der Waals surface area contributed by atoms with Crippen LogP contribution in [0.2, 0.25) is 0 Å². The lowest BCUT2D eigenvalue weighted by Gasteiger charge is -2.41. The first-order valence-electron chi connectivity index (χ1n) is 12.7. The van der Waals surface area contributed by atoms with Crippen molar-refractivity contribution >= 4 is 16.6 Å². The minimum absolute atomic E-state index is 0.00755. The Hall–Kier alpha value is -2.79. The van der Waals surface area contributed by atoms with Crippen LogP contribution in [0.15, 0.2) is 36.4 Å². The van der Waals surface area contributed by atoms with E-state index in [1.807, 2.05) is 6.07 Å². The van der Waals surface area contributed by atoms with Crippen LogP contribution in [0.4, 0.5) is 36.4 Å². The van der Waals surface area contributed by atoms with Crippen LogP contribution in [0.25, 0.3) is 10.9 Å². The molecule has 206 valence electrons. The number of aromatic amines is 1. The summed E-state index contributed by atoms with van der Waals surface area (Å²) in [7, 11) is 0. The molecule has 3 aromatic rings. The second-order valence-corrected chi connectivity index (χ2v) is 10.2. The summed E-state index contributed by atoms with van der Waals surface area (Å²) in [5.74, 6) is -2.04. The molecule has 3 heterocycles. The first-order valence-corrected chi connectivity index (χ1v) is 12.7. The molecule has 4 atom stereocenters. The van der Waals surface area contributed by atoms with Crippen molar-refractivity contribution in [2.24, 2.45) is 0 Å². The SMILES string of the molecule is CC1Cc2c([nH]c3ccccc23)C(c2c(F)cc(NC3CN(CCCF)CC3F)cc2F)N1CC(F)(F)F. The fourth-order valence-corrected chi connectivity index (χ4v) is 5.86. The molecule has 0 aliphatic carbocycles. The fraction of sp³-hybridized carbons (Fsp3) is 0.481. The van der Waals surface area contributed by atoms with Gasteiger partial charge in [-0.3, -0.25) is 14.2 Å². The quantitative estimate of drug-likeness (QED) is 0.352. The number of rotatable bonds is 7. The number of nitrogens with zero attached hydrogens (tertiary/aromatic N) is 2. The van der Waals surface area contributed by atoms with E-state index < -0.39 is 60.9 Å². The highest BCUT2D eigenvalue weighted by Gasteiger charge is 2.44. The van der Waals surface area contributed by atoms with E-state index in [0.29, 0.717) is 17.8 Å². The number of para-hydroxylation sites is 1. The Morgan fingerprint density at radius 3 is 2.47 bits per heavy atom. The third-order valence-electron chi connectivity index (χ3n) is 7.52. The van der Waals surface area contributed by atoms with Crippen LogP contribution in [-0.4, -0.2) is 72.1 Å². The number of alkyl halides is 5. The Morgan fingerprint density at radius 1 is 1.08 bits per heavy atom. The Labute approximate surface area is 215 Å². The Balaban J connectivity index is 1.51. The summed E-state index contributed by atoms with van der Waals surface area (Å²) in [6, 6.07) is 6.45. The van der Waals surface area contributed by atoms with Gasteiger partial charge in [-0.15, -0.1) is 0 Å². The number of benzene rings is 2. The van der Waals surface area contributed by atoms with E-state index in [9.17, 15) is 22.0 Å². The van der Waals surface area contributed by atoms with E-state index in [1.54, 1.807) is 30.0 Å². The van der Waals surface area contributed by atoms with Crippen LogP contribution in [0, 0.1) is 11.6 Å². The first kappa shape index (κ1) is 26.8. The third kappa shape index (κ3) is 5.22. The van der Waals surface area contributed by atoms with Gasteiger partial charge in [0, 0.05) is 53.5 Å². The maximum atomic E-state index is 15.6. The normalized spacial score (nSPS) is 24.7. The monoisotopic (exact) mass is 542 g/mol. The number of fused-ring (bicyclic) bond motifs is 3. The highest BCUT2D eigenvalue weighted by atomic mass is 19.4. The van der Waals surface area contributed by atoms with Gasteiger partial charge in [0.15, 0.2) is 0 Å². The smallest absolute Gasteiger partial charge is 0.378 e. The van der Waals surface area contributed by atoms with E-state index in [-0.39, 0.29) is 31.6 Å². The molecule has 2 aliphatic rings. The molecule has 5 rings (SSSR count). The van der Waals surface area contributed by atoms with Crippen LogP contribution >= 0.6 is 0 Å². The summed E-state index contributed by atoms with van der Waals surface area (Å²) in [6.07, 6.45) is -5.36. The summed E-state index contributed by atoms with van der Waals surface area (Å²) >= 11 is 0. The van der Waals surface area contributed by atoms with Crippen LogP contribution in [-0.2, 0) is 6.42 Å². The van der Waals surface area contributed by atoms with Gasteiger partial charge in [0.2, 0.25) is 0 Å². The molecule has 2 aromatic carbocycles. The zero-order valence-corrected chi connectivity index (χ0v) is 20.8. The van der Waals surface area contributed by atoms with E-state index in [1.165, 1.54) is 0 Å². The average Bonchev–Trinajstić information content (AvgIpc) is 3.38. The maximum Gasteiger partial charge on any atom is 0.401 e. The summed E-state index contributed by atoms with van der Waals surface area (Å²) in [6.45, 7) is 0.448. The molecule has 1 fully saturated rings. The van der Waals surface area contributed by atoms with Gasteiger partial charge >= 0.3 is 6.18 Å². The lowest BCUT2D eigenvalue weighted by Crippen LogP contribution is -2.47. The van der Waals surface area contributed by atoms with Crippen LogP contribution in [0.1, 0.15) is 36.2 Å². The highest BCUT2D eigenvalue weighted by Crippen LogP contribution is 2.44. The van der Waals surface area contributed by atoms with Gasteiger partial charge in [0.05, 0.1) is 25.3 Å². The predicted octanol–water partition coefficient (Wildman–Crippen LogP) is 6.14. The summed E-state index contributed by atoms with van der Waals surface area (Å²) in [5, 5.41) is 3.62. The van der Waals surface area contributed by atoms with Gasteiger partial charge in [-0.05, 0) is 43.5 Å². The Morgan fingerprint density at radius 2 is 1.79 bits per heavy atom. The lowest BCUT2D eigenvalue weighted by molar-refractivity contribution is -0.155. The second kappa shape index (κ2) is 10.4. The molecule has 0 saturated carbocycles. The van der Waals surface area contributed by atoms with Gasteiger partial charge in [-0.25, -0.2) is 13.2 Å². The number of nitrogens with one attached hydrogen (secondary N) is 2. The molecule has 0 amide bonds. The number of anilines is 1. The molecule has 0 radical (unpaired) electrons. The molecule has 38 heavy (non-hydrogen) atoms. The molecule has 2 N–H and O–H groups in total. The fourth-order valence-electron chi connectivity index (χ4n) is 5.86. The summed E-state index contributed by atoms with van der Waals surface area (Å²) < 4.78 is 99.1. The lowest BCUT2D eigenvalue weighted by atomic mass is 9.88. The Bertz CT molecular complexity index is 1270. The van der Waals surface area contributed by atoms with Crippen LogP contribution in [0.5, 0.6) is 0 Å². The largest absolute Gasteiger partial charge is 0.401 e. The molecule has 4 unspecified atom stereocenters. The van der Waals surface area contributed by atoms with Crippen molar-refractivity contribution in [1.29, 1.82) is 0 Å². The molecule has 11 heteroatoms. The number of hydrogen-bond donors (Lipinski definition) is 2. The molecular formula is C27H29F7N4. The van der Waals surface area contributed by atoms with Gasteiger partial charge in [0.1, 0.15) is 17.8 Å². The zero-order chi connectivity index (χ0) is 27.2. The van der Waals surface area contributed by atoms with E-state index in [0.717, 1.165) is 28.0 Å². The molecule has 2 aliphatic heterocycles. The van der Waals surface area contributed by atoms with Gasteiger partial charge in [0.25, 0.3) is 0 Å². The maximum absolute atomic E-state index is 15.6. The molecule has 0 spiro atoms. The topological polar surface area (TPSA) is 34.3 Å². The highest BCUT2D eigenvalue weighted by molar-refractivity contribution is 5.85. The first-order chi connectivity index (χ1) is 18.1. The van der Waals surface area contributed by atoms with Crippen molar-refractivity contribution in [2.45, 2.75) is 50.2 Å². The summed E-state index contributed by atoms with van der Waals surface area (Å²) in [4.78, 5) is 5.92.